The first-order chi connectivity index (χ1) is 12.6. The number of nitrogens with zero attached hydrogens (tertiary/aromatic N) is 2. The zero-order valence-electron chi connectivity index (χ0n) is 17.8. The van der Waals surface area contributed by atoms with Gasteiger partial charge in [-0.05, 0) is 49.8 Å². The van der Waals surface area contributed by atoms with Crippen LogP contribution in [0.5, 0.6) is 0 Å². The van der Waals surface area contributed by atoms with Crippen LogP contribution in [0, 0.1) is 12.3 Å². The van der Waals surface area contributed by atoms with Crippen LogP contribution in [0.15, 0.2) is 48.7 Å². The molecule has 2 aromatic heterocycles. The van der Waals surface area contributed by atoms with Crippen LogP contribution in [0.1, 0.15) is 70.7 Å². The highest BCUT2D eigenvalue weighted by Crippen LogP contribution is 2.35. The molecule has 1 N–H and O–H groups in total. The molecule has 3 rings (SSSR count). The van der Waals surface area contributed by atoms with E-state index in [-0.39, 0.29) is 16.9 Å². The van der Waals surface area contributed by atoms with Crippen LogP contribution >= 0.6 is 0 Å². The van der Waals surface area contributed by atoms with E-state index in [1.54, 1.807) is 0 Å². The summed E-state index contributed by atoms with van der Waals surface area (Å²) < 4.78 is 2.22. The first-order valence-electron chi connectivity index (χ1n) is 9.87. The molecule has 0 aliphatic carbocycles. The molecule has 1 aromatic carbocycles. The highest BCUT2D eigenvalue weighted by molar-refractivity contribution is 5.59. The van der Waals surface area contributed by atoms with E-state index in [4.69, 9.17) is 4.98 Å². The van der Waals surface area contributed by atoms with Gasteiger partial charge in [-0.3, -0.25) is 4.40 Å². The number of rotatable bonds is 5. The number of nitrogens with one attached hydrogen (secondary N) is 1. The molecule has 0 saturated heterocycles. The lowest BCUT2D eigenvalue weighted by Crippen LogP contribution is -2.36. The molecule has 3 aromatic rings. The average molecular weight is 364 g/mol. The Bertz CT molecular complexity index is 914. The van der Waals surface area contributed by atoms with Gasteiger partial charge in [0.15, 0.2) is 0 Å². The van der Waals surface area contributed by atoms with Gasteiger partial charge < -0.3 is 5.32 Å². The third-order valence-electron chi connectivity index (χ3n) is 4.93. The summed E-state index contributed by atoms with van der Waals surface area (Å²) in [6.07, 6.45) is 3.25. The minimum Gasteiger partial charge on any atom is -0.365 e. The van der Waals surface area contributed by atoms with E-state index in [2.05, 4.69) is 107 Å². The molecule has 0 fully saturated rings. The third-order valence-corrected chi connectivity index (χ3v) is 4.93. The summed E-state index contributed by atoms with van der Waals surface area (Å²) in [5, 5.41) is 3.84. The monoisotopic (exact) mass is 363 g/mol. The van der Waals surface area contributed by atoms with Crippen molar-refractivity contribution in [1.29, 1.82) is 0 Å². The average Bonchev–Trinajstić information content (AvgIpc) is 2.90. The van der Waals surface area contributed by atoms with E-state index in [0.29, 0.717) is 0 Å². The van der Waals surface area contributed by atoms with Crippen molar-refractivity contribution in [2.45, 2.75) is 66.3 Å². The maximum absolute atomic E-state index is 5.01. The standard InChI is InChI=1S/C24H33N3/c1-17-13-14-20-25-21(18(2)19-11-9-8-10-12-19)22(27(20)15-17)26-24(6,7)16-23(3,4)5/h8-15,18,26H,16H2,1-7H3. The molecular formula is C24H33N3. The summed E-state index contributed by atoms with van der Waals surface area (Å²) in [5.41, 5.74) is 4.83. The predicted molar refractivity (Wildman–Crippen MR) is 116 cm³/mol. The molecule has 0 radical (unpaired) electrons. The Morgan fingerprint density at radius 1 is 1.00 bits per heavy atom. The predicted octanol–water partition coefficient (Wildman–Crippen LogP) is 6.42. The van der Waals surface area contributed by atoms with E-state index < -0.39 is 0 Å². The molecule has 0 aliphatic heterocycles. The Balaban J connectivity index is 2.10. The first-order valence-corrected chi connectivity index (χ1v) is 9.87. The zero-order chi connectivity index (χ0) is 19.8. The fraction of sp³-hybridized carbons (Fsp3) is 0.458. The van der Waals surface area contributed by atoms with Crippen LogP contribution in [0.2, 0.25) is 0 Å². The lowest BCUT2D eigenvalue weighted by Gasteiger charge is -2.34. The minimum atomic E-state index is -0.0386. The molecule has 3 heteroatoms. The summed E-state index contributed by atoms with van der Waals surface area (Å²) in [6, 6.07) is 14.9. The second-order valence-electron chi connectivity index (χ2n) is 9.66. The van der Waals surface area contributed by atoms with Crippen molar-refractivity contribution < 1.29 is 0 Å². The molecule has 0 saturated carbocycles. The summed E-state index contributed by atoms with van der Waals surface area (Å²) in [7, 11) is 0. The van der Waals surface area contributed by atoms with Crippen LogP contribution in [0.3, 0.4) is 0 Å². The molecule has 0 bridgehead atoms. The van der Waals surface area contributed by atoms with Crippen molar-refractivity contribution in [2.24, 2.45) is 5.41 Å². The van der Waals surface area contributed by atoms with Gasteiger partial charge in [0.1, 0.15) is 11.5 Å². The van der Waals surface area contributed by atoms with Crippen molar-refractivity contribution in [1.82, 2.24) is 9.38 Å². The second kappa shape index (κ2) is 7.03. The number of pyridine rings is 1. The summed E-state index contributed by atoms with van der Waals surface area (Å²) in [6.45, 7) is 15.8. The SMILES string of the molecule is Cc1ccc2nc(C(C)c3ccccc3)c(NC(C)(C)CC(C)(C)C)n2c1. The van der Waals surface area contributed by atoms with Crippen LogP contribution < -0.4 is 5.32 Å². The topological polar surface area (TPSA) is 29.3 Å². The van der Waals surface area contributed by atoms with Crippen LogP contribution in [-0.4, -0.2) is 14.9 Å². The Labute approximate surface area is 163 Å². The van der Waals surface area contributed by atoms with E-state index >= 15 is 0 Å². The smallest absolute Gasteiger partial charge is 0.138 e. The second-order valence-corrected chi connectivity index (χ2v) is 9.66. The summed E-state index contributed by atoms with van der Waals surface area (Å²) >= 11 is 0. The molecule has 0 spiro atoms. The quantitative estimate of drug-likeness (QED) is 0.566. The molecule has 1 unspecified atom stereocenters. The van der Waals surface area contributed by atoms with E-state index in [1.807, 2.05) is 0 Å². The van der Waals surface area contributed by atoms with Gasteiger partial charge >= 0.3 is 0 Å². The number of hydrogen-bond acceptors (Lipinski definition) is 2. The zero-order valence-corrected chi connectivity index (χ0v) is 17.8. The molecule has 0 amide bonds. The molecule has 27 heavy (non-hydrogen) atoms. The maximum atomic E-state index is 5.01. The van der Waals surface area contributed by atoms with Gasteiger partial charge in [0.2, 0.25) is 0 Å². The Morgan fingerprint density at radius 3 is 2.30 bits per heavy atom. The van der Waals surface area contributed by atoms with Crippen molar-refractivity contribution in [2.75, 3.05) is 5.32 Å². The first kappa shape index (κ1) is 19.5. The van der Waals surface area contributed by atoms with Crippen LogP contribution in [0.25, 0.3) is 5.65 Å². The van der Waals surface area contributed by atoms with Gasteiger partial charge in [0.25, 0.3) is 0 Å². The Kier molecular flexibility index (Phi) is 5.07. The fourth-order valence-corrected chi connectivity index (χ4v) is 4.19. The number of fused-ring (bicyclic) bond motifs is 1. The van der Waals surface area contributed by atoms with Gasteiger partial charge in [0.05, 0.1) is 5.69 Å². The van der Waals surface area contributed by atoms with Gasteiger partial charge in [-0.2, -0.15) is 0 Å². The van der Waals surface area contributed by atoms with Gasteiger partial charge in [-0.15, -0.1) is 0 Å². The van der Waals surface area contributed by atoms with Gasteiger partial charge in [-0.25, -0.2) is 4.98 Å². The number of anilines is 1. The molecule has 144 valence electrons. The highest BCUT2D eigenvalue weighted by Gasteiger charge is 2.29. The largest absolute Gasteiger partial charge is 0.365 e. The Hall–Kier alpha value is -2.29. The molecule has 3 nitrogen and oxygen atoms in total. The van der Waals surface area contributed by atoms with Crippen LogP contribution in [0.4, 0.5) is 5.82 Å². The van der Waals surface area contributed by atoms with E-state index in [9.17, 15) is 0 Å². The summed E-state index contributed by atoms with van der Waals surface area (Å²) in [5.74, 6) is 1.33. The summed E-state index contributed by atoms with van der Waals surface area (Å²) in [4.78, 5) is 5.01. The van der Waals surface area contributed by atoms with Gasteiger partial charge in [-0.1, -0.05) is 64.1 Å². The number of aryl methyl sites for hydroxylation is 1. The number of aromatic nitrogens is 2. The van der Waals surface area contributed by atoms with Crippen molar-refractivity contribution >= 4 is 11.5 Å². The number of benzene rings is 1. The van der Waals surface area contributed by atoms with Crippen molar-refractivity contribution in [3.63, 3.8) is 0 Å². The molecule has 0 aliphatic rings. The third kappa shape index (κ3) is 4.52. The number of hydrogen-bond donors (Lipinski definition) is 1. The minimum absolute atomic E-state index is 0.0386. The molecular weight excluding hydrogens is 330 g/mol. The Morgan fingerprint density at radius 2 is 1.67 bits per heavy atom. The maximum Gasteiger partial charge on any atom is 0.138 e. The number of imidazole rings is 1. The normalized spacial score (nSPS) is 13.7. The van der Waals surface area contributed by atoms with Crippen molar-refractivity contribution in [3.8, 4) is 0 Å². The van der Waals surface area contributed by atoms with E-state index in [1.165, 1.54) is 11.1 Å². The van der Waals surface area contributed by atoms with Crippen molar-refractivity contribution in [3.05, 3.63) is 65.5 Å². The highest BCUT2D eigenvalue weighted by atomic mass is 15.2. The molecule has 2 heterocycles. The lowest BCUT2D eigenvalue weighted by molar-refractivity contribution is 0.301. The van der Waals surface area contributed by atoms with Gasteiger partial charge in [0, 0.05) is 17.7 Å². The van der Waals surface area contributed by atoms with E-state index in [0.717, 1.165) is 23.6 Å². The fourth-order valence-electron chi connectivity index (χ4n) is 4.19. The molecule has 1 atom stereocenters. The van der Waals surface area contributed by atoms with Crippen LogP contribution in [-0.2, 0) is 0 Å². The lowest BCUT2D eigenvalue weighted by atomic mass is 9.81.